The van der Waals surface area contributed by atoms with Crippen LogP contribution in [0.4, 0.5) is 11.4 Å². The van der Waals surface area contributed by atoms with Gasteiger partial charge < -0.3 is 21.3 Å². The van der Waals surface area contributed by atoms with E-state index < -0.39 is 5.91 Å². The number of phenolic OH excluding ortho intramolecular Hbond substituents is 2. The van der Waals surface area contributed by atoms with Crippen molar-refractivity contribution in [1.82, 2.24) is 0 Å². The van der Waals surface area contributed by atoms with Crippen LogP contribution in [0.5, 0.6) is 11.5 Å². The Morgan fingerprint density at radius 2 is 1.85 bits per heavy atom. The molecular weight excluding hydrogens is 256 g/mol. The van der Waals surface area contributed by atoms with Gasteiger partial charge in [-0.2, -0.15) is 0 Å². The third-order valence-corrected chi connectivity index (χ3v) is 3.18. The van der Waals surface area contributed by atoms with Crippen LogP contribution < -0.4 is 11.1 Å². The summed E-state index contributed by atoms with van der Waals surface area (Å²) in [4.78, 5) is 12.2. The Balaban J connectivity index is 2.38. The van der Waals surface area contributed by atoms with Gasteiger partial charge in [-0.25, -0.2) is 0 Å². The standard InChI is InChI=1S/C15H16N2O3/c1-8-3-5-12(16)9(2)14(8)17-15(20)11-7-10(18)4-6-13(11)19/h3-7,18-19H,16H2,1-2H3,(H,17,20). The molecule has 0 aliphatic rings. The molecule has 0 unspecified atom stereocenters. The molecule has 0 aliphatic heterocycles. The molecule has 5 N–H and O–H groups in total. The molecule has 5 heteroatoms. The van der Waals surface area contributed by atoms with Gasteiger partial charge in [0.15, 0.2) is 0 Å². The molecule has 0 bridgehead atoms. The number of benzene rings is 2. The number of aryl methyl sites for hydroxylation is 1. The van der Waals surface area contributed by atoms with E-state index >= 15 is 0 Å². The summed E-state index contributed by atoms with van der Waals surface area (Å²) in [5, 5.41) is 21.8. The van der Waals surface area contributed by atoms with Gasteiger partial charge in [0, 0.05) is 11.4 Å². The molecule has 0 aliphatic carbocycles. The van der Waals surface area contributed by atoms with E-state index in [1.807, 2.05) is 6.92 Å². The number of nitrogens with two attached hydrogens (primary N) is 1. The number of carbonyl (C=O) groups excluding carboxylic acids is 1. The second-order valence-corrected chi connectivity index (χ2v) is 4.63. The average molecular weight is 272 g/mol. The number of phenols is 2. The van der Waals surface area contributed by atoms with E-state index in [0.29, 0.717) is 11.4 Å². The van der Waals surface area contributed by atoms with E-state index in [1.54, 1.807) is 19.1 Å². The summed E-state index contributed by atoms with van der Waals surface area (Å²) in [5.74, 6) is -0.788. The van der Waals surface area contributed by atoms with Gasteiger partial charge in [0.05, 0.1) is 5.56 Å². The fraction of sp³-hybridized carbons (Fsp3) is 0.133. The first kappa shape index (κ1) is 13.7. The molecule has 0 saturated heterocycles. The molecule has 2 rings (SSSR count). The minimum Gasteiger partial charge on any atom is -0.508 e. The molecule has 0 aromatic heterocycles. The lowest BCUT2D eigenvalue weighted by molar-refractivity contribution is 0.102. The first-order chi connectivity index (χ1) is 9.40. The number of rotatable bonds is 2. The second-order valence-electron chi connectivity index (χ2n) is 4.63. The number of hydrogen-bond acceptors (Lipinski definition) is 4. The van der Waals surface area contributed by atoms with Gasteiger partial charge >= 0.3 is 0 Å². The highest BCUT2D eigenvalue weighted by atomic mass is 16.3. The summed E-state index contributed by atoms with van der Waals surface area (Å²) in [6, 6.07) is 7.36. The maximum atomic E-state index is 12.2. The van der Waals surface area contributed by atoms with Crippen LogP contribution in [0.25, 0.3) is 0 Å². The zero-order valence-corrected chi connectivity index (χ0v) is 11.3. The van der Waals surface area contributed by atoms with Crippen LogP contribution in [-0.4, -0.2) is 16.1 Å². The van der Waals surface area contributed by atoms with E-state index in [9.17, 15) is 15.0 Å². The van der Waals surface area contributed by atoms with Crippen LogP contribution >= 0.6 is 0 Å². The topological polar surface area (TPSA) is 95.6 Å². The normalized spacial score (nSPS) is 10.3. The second kappa shape index (κ2) is 5.13. The summed E-state index contributed by atoms with van der Waals surface area (Å²) in [7, 11) is 0. The quantitative estimate of drug-likeness (QED) is 0.499. The number of nitrogens with one attached hydrogen (secondary N) is 1. The van der Waals surface area contributed by atoms with Crippen molar-refractivity contribution in [1.29, 1.82) is 0 Å². The number of nitrogen functional groups attached to an aromatic ring is 1. The predicted molar refractivity (Wildman–Crippen MR) is 78.1 cm³/mol. The first-order valence-electron chi connectivity index (χ1n) is 6.09. The predicted octanol–water partition coefficient (Wildman–Crippen LogP) is 2.55. The maximum Gasteiger partial charge on any atom is 0.259 e. The monoisotopic (exact) mass is 272 g/mol. The SMILES string of the molecule is Cc1ccc(N)c(C)c1NC(=O)c1cc(O)ccc1O. The zero-order chi connectivity index (χ0) is 14.9. The molecule has 0 fully saturated rings. The Morgan fingerprint density at radius 3 is 2.55 bits per heavy atom. The minimum atomic E-state index is -0.504. The van der Waals surface area contributed by atoms with E-state index in [1.165, 1.54) is 18.2 Å². The van der Waals surface area contributed by atoms with Crippen molar-refractivity contribution in [2.45, 2.75) is 13.8 Å². The largest absolute Gasteiger partial charge is 0.508 e. The number of aromatic hydroxyl groups is 2. The molecule has 0 saturated carbocycles. The van der Waals surface area contributed by atoms with Crippen LogP contribution in [0.15, 0.2) is 30.3 Å². The Kier molecular flexibility index (Phi) is 3.52. The summed E-state index contributed by atoms with van der Waals surface area (Å²) in [5.41, 5.74) is 8.63. The molecule has 20 heavy (non-hydrogen) atoms. The van der Waals surface area contributed by atoms with Gasteiger partial charge in [0.25, 0.3) is 5.91 Å². The molecule has 0 spiro atoms. The van der Waals surface area contributed by atoms with E-state index in [4.69, 9.17) is 5.73 Å². The Hall–Kier alpha value is -2.69. The minimum absolute atomic E-state index is 0.00576. The molecule has 0 radical (unpaired) electrons. The van der Waals surface area contributed by atoms with E-state index in [2.05, 4.69) is 5.32 Å². The molecular formula is C15H16N2O3. The van der Waals surface area contributed by atoms with Crippen molar-refractivity contribution < 1.29 is 15.0 Å². The highest BCUT2D eigenvalue weighted by Crippen LogP contribution is 2.28. The fourth-order valence-electron chi connectivity index (χ4n) is 1.94. The van der Waals surface area contributed by atoms with Crippen LogP contribution in [0.2, 0.25) is 0 Å². The highest BCUT2D eigenvalue weighted by Gasteiger charge is 2.15. The Morgan fingerprint density at radius 1 is 1.15 bits per heavy atom. The van der Waals surface area contributed by atoms with Crippen molar-refractivity contribution >= 4 is 17.3 Å². The summed E-state index contributed by atoms with van der Waals surface area (Å²) >= 11 is 0. The van der Waals surface area contributed by atoms with Gasteiger partial charge in [-0.1, -0.05) is 6.07 Å². The zero-order valence-electron chi connectivity index (χ0n) is 11.3. The van der Waals surface area contributed by atoms with Crippen molar-refractivity contribution in [2.75, 3.05) is 11.1 Å². The van der Waals surface area contributed by atoms with Crippen LogP contribution in [0, 0.1) is 13.8 Å². The number of anilines is 2. The van der Waals surface area contributed by atoms with Crippen molar-refractivity contribution in [2.24, 2.45) is 0 Å². The smallest absolute Gasteiger partial charge is 0.259 e. The lowest BCUT2D eigenvalue weighted by atomic mass is 10.1. The third-order valence-electron chi connectivity index (χ3n) is 3.18. The molecule has 0 atom stereocenters. The van der Waals surface area contributed by atoms with Crippen LogP contribution in [0.3, 0.4) is 0 Å². The maximum absolute atomic E-state index is 12.2. The number of amides is 1. The number of carbonyl (C=O) groups is 1. The first-order valence-corrected chi connectivity index (χ1v) is 6.09. The summed E-state index contributed by atoms with van der Waals surface area (Å²) in [6.07, 6.45) is 0. The molecule has 2 aromatic carbocycles. The van der Waals surface area contributed by atoms with Gasteiger partial charge in [-0.15, -0.1) is 0 Å². The Labute approximate surface area is 116 Å². The highest BCUT2D eigenvalue weighted by molar-refractivity contribution is 6.07. The lowest BCUT2D eigenvalue weighted by Crippen LogP contribution is -2.14. The van der Waals surface area contributed by atoms with E-state index in [0.717, 1.165) is 11.1 Å². The van der Waals surface area contributed by atoms with Crippen molar-refractivity contribution in [3.05, 3.63) is 47.0 Å². The Bertz CT molecular complexity index is 681. The third kappa shape index (κ3) is 2.51. The number of hydrogen-bond donors (Lipinski definition) is 4. The summed E-state index contributed by atoms with van der Waals surface area (Å²) < 4.78 is 0. The average Bonchev–Trinajstić information content (AvgIpc) is 2.41. The van der Waals surface area contributed by atoms with E-state index in [-0.39, 0.29) is 17.1 Å². The van der Waals surface area contributed by atoms with Crippen LogP contribution in [-0.2, 0) is 0 Å². The molecule has 5 nitrogen and oxygen atoms in total. The van der Waals surface area contributed by atoms with Gasteiger partial charge in [0.2, 0.25) is 0 Å². The van der Waals surface area contributed by atoms with Crippen molar-refractivity contribution in [3.63, 3.8) is 0 Å². The van der Waals surface area contributed by atoms with Gasteiger partial charge in [-0.3, -0.25) is 4.79 Å². The van der Waals surface area contributed by atoms with Crippen molar-refractivity contribution in [3.8, 4) is 11.5 Å². The molecule has 2 aromatic rings. The molecule has 0 heterocycles. The molecule has 1 amide bonds. The molecule has 104 valence electrons. The van der Waals surface area contributed by atoms with Crippen LogP contribution in [0.1, 0.15) is 21.5 Å². The fourth-order valence-corrected chi connectivity index (χ4v) is 1.94. The van der Waals surface area contributed by atoms with Gasteiger partial charge in [-0.05, 0) is 49.2 Å². The lowest BCUT2D eigenvalue weighted by Gasteiger charge is -2.14. The van der Waals surface area contributed by atoms with Gasteiger partial charge in [0.1, 0.15) is 11.5 Å². The summed E-state index contributed by atoms with van der Waals surface area (Å²) in [6.45, 7) is 3.66.